The van der Waals surface area contributed by atoms with Gasteiger partial charge >= 0.3 is 0 Å². The Kier molecular flexibility index (Phi) is 8.43. The molecule has 3 atom stereocenters. The first kappa shape index (κ1) is 14.1. The summed E-state index contributed by atoms with van der Waals surface area (Å²) in [4.78, 5) is 0. The number of ether oxygens (including phenoxy) is 1. The molecule has 3 nitrogen and oxygen atoms in total. The number of likely N-dealkylation sites (N-methyl/N-ethyl adjacent to an activating group) is 1. The molecule has 0 saturated carbocycles. The molecule has 0 heterocycles. The highest BCUT2D eigenvalue weighted by molar-refractivity contribution is 7.85. The van der Waals surface area contributed by atoms with Crippen molar-refractivity contribution in [2.45, 2.75) is 38.5 Å². The Bertz CT molecular complexity index is 158. The predicted molar refractivity (Wildman–Crippen MR) is 62.1 cm³/mol. The van der Waals surface area contributed by atoms with Crippen LogP contribution in [0.1, 0.15) is 27.2 Å². The second kappa shape index (κ2) is 8.38. The largest absolute Gasteiger partial charge is 0.383 e. The van der Waals surface area contributed by atoms with Gasteiger partial charge in [0.2, 0.25) is 0 Å². The second-order valence-corrected chi connectivity index (χ2v) is 5.38. The van der Waals surface area contributed by atoms with E-state index in [0.29, 0.717) is 12.4 Å². The normalized spacial score (nSPS) is 17.7. The summed E-state index contributed by atoms with van der Waals surface area (Å²) < 4.78 is 16.8. The van der Waals surface area contributed by atoms with Crippen LogP contribution < -0.4 is 5.32 Å². The van der Waals surface area contributed by atoms with Gasteiger partial charge in [-0.05, 0) is 13.0 Å². The smallest absolute Gasteiger partial charge is 0.0624 e. The molecule has 0 aliphatic heterocycles. The van der Waals surface area contributed by atoms with Crippen LogP contribution in [0.15, 0.2) is 0 Å². The number of rotatable bonds is 8. The van der Waals surface area contributed by atoms with Crippen LogP contribution in [-0.4, -0.2) is 41.5 Å². The molecular formula is C10H23NO2S. The van der Waals surface area contributed by atoms with Crippen LogP contribution in [0.5, 0.6) is 0 Å². The van der Waals surface area contributed by atoms with Crippen molar-refractivity contribution in [3.8, 4) is 0 Å². The van der Waals surface area contributed by atoms with Crippen LogP contribution in [0.3, 0.4) is 0 Å². The summed E-state index contributed by atoms with van der Waals surface area (Å²) in [5, 5.41) is 3.56. The fourth-order valence-corrected chi connectivity index (χ4v) is 2.52. The lowest BCUT2D eigenvalue weighted by atomic mass is 10.3. The second-order valence-electron chi connectivity index (χ2n) is 3.48. The van der Waals surface area contributed by atoms with Gasteiger partial charge in [-0.1, -0.05) is 20.8 Å². The van der Waals surface area contributed by atoms with Crippen molar-refractivity contribution in [3.05, 3.63) is 0 Å². The summed E-state index contributed by atoms with van der Waals surface area (Å²) in [6, 6.07) is 0.222. The standard InChI is InChI=1S/C10H23NO2S/c1-5-9(3)14(12)8-10(7-13-4)11-6-2/h9-11H,5-8H2,1-4H3. The van der Waals surface area contributed by atoms with Crippen LogP contribution >= 0.6 is 0 Å². The van der Waals surface area contributed by atoms with Crippen LogP contribution in [0.2, 0.25) is 0 Å². The molecule has 4 heteroatoms. The molecule has 3 unspecified atom stereocenters. The van der Waals surface area contributed by atoms with Gasteiger partial charge in [-0.2, -0.15) is 0 Å². The third-order valence-corrected chi connectivity index (χ3v) is 4.21. The van der Waals surface area contributed by atoms with Crippen LogP contribution in [0.25, 0.3) is 0 Å². The molecule has 0 spiro atoms. The van der Waals surface area contributed by atoms with E-state index in [9.17, 15) is 4.21 Å². The van der Waals surface area contributed by atoms with Crippen molar-refractivity contribution >= 4 is 10.8 Å². The summed E-state index contributed by atoms with van der Waals surface area (Å²) in [5.74, 6) is 0.691. The van der Waals surface area contributed by atoms with Crippen molar-refractivity contribution in [2.24, 2.45) is 0 Å². The van der Waals surface area contributed by atoms with Crippen molar-refractivity contribution in [1.82, 2.24) is 5.32 Å². The van der Waals surface area contributed by atoms with E-state index in [0.717, 1.165) is 13.0 Å². The minimum atomic E-state index is -0.740. The van der Waals surface area contributed by atoms with Gasteiger partial charge in [-0.3, -0.25) is 4.21 Å². The SMILES string of the molecule is CCNC(COC)CS(=O)C(C)CC. The molecule has 0 saturated heterocycles. The van der Waals surface area contributed by atoms with Crippen molar-refractivity contribution in [1.29, 1.82) is 0 Å². The summed E-state index contributed by atoms with van der Waals surface area (Å²) in [5.41, 5.74) is 0. The zero-order chi connectivity index (χ0) is 11.0. The maximum Gasteiger partial charge on any atom is 0.0624 e. The number of hydrogen-bond donors (Lipinski definition) is 1. The lowest BCUT2D eigenvalue weighted by Gasteiger charge is -2.18. The van der Waals surface area contributed by atoms with E-state index in [1.54, 1.807) is 7.11 Å². The molecule has 0 aromatic carbocycles. The highest BCUT2D eigenvalue weighted by Crippen LogP contribution is 2.02. The van der Waals surface area contributed by atoms with E-state index < -0.39 is 10.8 Å². The van der Waals surface area contributed by atoms with Crippen molar-refractivity contribution < 1.29 is 8.95 Å². The Morgan fingerprint density at radius 1 is 1.43 bits per heavy atom. The average molecular weight is 221 g/mol. The lowest BCUT2D eigenvalue weighted by molar-refractivity contribution is 0.174. The Morgan fingerprint density at radius 2 is 2.07 bits per heavy atom. The summed E-state index contributed by atoms with van der Waals surface area (Å²) in [6.45, 7) is 7.68. The van der Waals surface area contributed by atoms with Gasteiger partial charge in [0.05, 0.1) is 6.61 Å². The Balaban J connectivity index is 3.94. The van der Waals surface area contributed by atoms with Gasteiger partial charge in [0.15, 0.2) is 0 Å². The Hall–Kier alpha value is 0.0700. The molecule has 1 N–H and O–H groups in total. The first-order valence-corrected chi connectivity index (χ1v) is 6.63. The van der Waals surface area contributed by atoms with Gasteiger partial charge in [-0.25, -0.2) is 0 Å². The number of methoxy groups -OCH3 is 1. The van der Waals surface area contributed by atoms with E-state index in [4.69, 9.17) is 4.74 Å². The zero-order valence-corrected chi connectivity index (χ0v) is 10.5. The van der Waals surface area contributed by atoms with Gasteiger partial charge in [0.1, 0.15) is 0 Å². The maximum atomic E-state index is 11.7. The van der Waals surface area contributed by atoms with Gasteiger partial charge < -0.3 is 10.1 Å². The van der Waals surface area contributed by atoms with E-state index >= 15 is 0 Å². The number of nitrogens with one attached hydrogen (secondary N) is 1. The first-order valence-electron chi connectivity index (χ1n) is 5.25. The maximum absolute atomic E-state index is 11.7. The molecule has 0 bridgehead atoms. The molecule has 0 amide bonds. The molecule has 0 aromatic heterocycles. The third-order valence-electron chi connectivity index (χ3n) is 2.25. The summed E-state index contributed by atoms with van der Waals surface area (Å²) in [6.07, 6.45) is 0.971. The molecule has 0 fully saturated rings. The monoisotopic (exact) mass is 221 g/mol. The molecule has 86 valence electrons. The molecule has 14 heavy (non-hydrogen) atoms. The molecular weight excluding hydrogens is 198 g/mol. The predicted octanol–water partition coefficient (Wildman–Crippen LogP) is 1.16. The van der Waals surface area contributed by atoms with Gasteiger partial charge in [0.25, 0.3) is 0 Å². The van der Waals surface area contributed by atoms with Crippen LogP contribution in [0, 0.1) is 0 Å². The topological polar surface area (TPSA) is 38.3 Å². The van der Waals surface area contributed by atoms with E-state index in [1.165, 1.54) is 0 Å². The minimum absolute atomic E-state index is 0.222. The van der Waals surface area contributed by atoms with E-state index in [1.807, 2.05) is 6.92 Å². The highest BCUT2D eigenvalue weighted by Gasteiger charge is 2.15. The van der Waals surface area contributed by atoms with Crippen molar-refractivity contribution in [3.63, 3.8) is 0 Å². The fraction of sp³-hybridized carbons (Fsp3) is 1.00. The summed E-state index contributed by atoms with van der Waals surface area (Å²) in [7, 11) is 0.937. The lowest BCUT2D eigenvalue weighted by Crippen LogP contribution is -2.39. The quantitative estimate of drug-likeness (QED) is 0.668. The third kappa shape index (κ3) is 5.73. The van der Waals surface area contributed by atoms with Crippen LogP contribution in [0.4, 0.5) is 0 Å². The summed E-state index contributed by atoms with van der Waals surface area (Å²) >= 11 is 0. The van der Waals surface area contributed by atoms with Crippen LogP contribution in [-0.2, 0) is 15.5 Å². The van der Waals surface area contributed by atoms with Crippen molar-refractivity contribution in [2.75, 3.05) is 26.0 Å². The molecule has 0 aliphatic rings. The Morgan fingerprint density at radius 3 is 2.50 bits per heavy atom. The first-order chi connectivity index (χ1) is 6.65. The van der Waals surface area contributed by atoms with E-state index in [2.05, 4.69) is 19.2 Å². The zero-order valence-electron chi connectivity index (χ0n) is 9.71. The molecule has 0 rings (SSSR count). The number of hydrogen-bond acceptors (Lipinski definition) is 3. The van der Waals surface area contributed by atoms with Gasteiger partial charge in [-0.15, -0.1) is 0 Å². The highest BCUT2D eigenvalue weighted by atomic mass is 32.2. The van der Waals surface area contributed by atoms with E-state index in [-0.39, 0.29) is 11.3 Å². The fourth-order valence-electron chi connectivity index (χ4n) is 1.20. The van der Waals surface area contributed by atoms with Gasteiger partial charge in [0, 0.05) is 35.0 Å². The average Bonchev–Trinajstić information content (AvgIpc) is 2.17. The minimum Gasteiger partial charge on any atom is -0.383 e. The molecule has 0 aromatic rings. The molecule has 0 aliphatic carbocycles. The Labute approximate surface area is 90.1 Å². The molecule has 0 radical (unpaired) electrons.